The Labute approximate surface area is 70.8 Å². The molecule has 0 saturated carbocycles. The number of hydrogen-bond donors (Lipinski definition) is 1. The van der Waals surface area contributed by atoms with E-state index in [-0.39, 0.29) is 17.9 Å². The molecule has 64 valence electrons. The van der Waals surface area contributed by atoms with Crippen molar-refractivity contribution < 1.29 is 0 Å². The van der Waals surface area contributed by atoms with Crippen molar-refractivity contribution in [1.29, 1.82) is 0 Å². The molecule has 0 rings (SSSR count). The third kappa shape index (κ3) is 6.37. The van der Waals surface area contributed by atoms with Crippen molar-refractivity contribution >= 4 is 12.4 Å². The van der Waals surface area contributed by atoms with Crippen LogP contribution in [-0.4, -0.2) is 5.54 Å². The third-order valence-electron chi connectivity index (χ3n) is 1.91. The highest BCUT2D eigenvalue weighted by Gasteiger charge is 2.13. The molecule has 0 spiro atoms. The molecule has 0 aliphatic heterocycles. The monoisotopic (exact) mass is 165 g/mol. The van der Waals surface area contributed by atoms with Gasteiger partial charge in [-0.1, -0.05) is 26.7 Å². The summed E-state index contributed by atoms with van der Waals surface area (Å²) in [5.41, 5.74) is 6.00. The van der Waals surface area contributed by atoms with Crippen LogP contribution in [0.25, 0.3) is 0 Å². The van der Waals surface area contributed by atoms with Crippen LogP contribution in [0.1, 0.15) is 46.5 Å². The maximum atomic E-state index is 5.90. The molecule has 0 saturated heterocycles. The van der Waals surface area contributed by atoms with E-state index in [1.165, 1.54) is 19.3 Å². The number of unbranched alkanes of at least 4 members (excludes halogenated alkanes) is 1. The summed E-state index contributed by atoms with van der Waals surface area (Å²) in [7, 11) is 0. The van der Waals surface area contributed by atoms with Crippen molar-refractivity contribution in [3.05, 3.63) is 0 Å². The Hall–Kier alpha value is 0.250. The highest BCUT2D eigenvalue weighted by molar-refractivity contribution is 5.85. The Morgan fingerprint density at radius 1 is 1.30 bits per heavy atom. The van der Waals surface area contributed by atoms with E-state index < -0.39 is 0 Å². The minimum atomic E-state index is 0. The van der Waals surface area contributed by atoms with Gasteiger partial charge in [-0.05, 0) is 19.8 Å². The van der Waals surface area contributed by atoms with Gasteiger partial charge in [-0.25, -0.2) is 0 Å². The van der Waals surface area contributed by atoms with Crippen molar-refractivity contribution in [2.24, 2.45) is 5.73 Å². The second-order valence-corrected chi connectivity index (χ2v) is 3.11. The topological polar surface area (TPSA) is 26.0 Å². The summed E-state index contributed by atoms with van der Waals surface area (Å²) < 4.78 is 0. The molecule has 0 fully saturated rings. The van der Waals surface area contributed by atoms with Gasteiger partial charge < -0.3 is 5.73 Å². The lowest BCUT2D eigenvalue weighted by Gasteiger charge is -2.21. The Balaban J connectivity index is 0. The minimum Gasteiger partial charge on any atom is -0.325 e. The number of halogens is 1. The van der Waals surface area contributed by atoms with Crippen molar-refractivity contribution in [3.8, 4) is 0 Å². The first-order chi connectivity index (χ1) is 4.12. The Bertz CT molecular complexity index is 71.7. The molecule has 2 heteroatoms. The molecule has 0 aromatic heterocycles. The van der Waals surface area contributed by atoms with Crippen LogP contribution in [0.3, 0.4) is 0 Å². The first kappa shape index (κ1) is 12.9. The van der Waals surface area contributed by atoms with Gasteiger partial charge in [0.05, 0.1) is 0 Å². The van der Waals surface area contributed by atoms with Gasteiger partial charge in [0.2, 0.25) is 0 Å². The smallest absolute Gasteiger partial charge is 0.0123 e. The Kier molecular flexibility index (Phi) is 7.72. The van der Waals surface area contributed by atoms with Gasteiger partial charge in [0.25, 0.3) is 0 Å². The first-order valence-electron chi connectivity index (χ1n) is 3.91. The van der Waals surface area contributed by atoms with Gasteiger partial charge in [0.1, 0.15) is 0 Å². The highest BCUT2D eigenvalue weighted by atomic mass is 35.5. The maximum absolute atomic E-state index is 5.90. The van der Waals surface area contributed by atoms with Crippen molar-refractivity contribution in [1.82, 2.24) is 0 Å². The molecular formula is C8H20ClN. The lowest BCUT2D eigenvalue weighted by atomic mass is 9.94. The van der Waals surface area contributed by atoms with Crippen LogP contribution in [0.2, 0.25) is 0 Å². The quantitative estimate of drug-likeness (QED) is 0.681. The zero-order chi connectivity index (χ0) is 7.33. The van der Waals surface area contributed by atoms with Gasteiger partial charge >= 0.3 is 0 Å². The molecule has 0 aromatic carbocycles. The summed E-state index contributed by atoms with van der Waals surface area (Å²) in [5, 5.41) is 0. The fourth-order valence-corrected chi connectivity index (χ4v) is 0.757. The van der Waals surface area contributed by atoms with Crippen LogP contribution >= 0.6 is 12.4 Å². The highest BCUT2D eigenvalue weighted by Crippen LogP contribution is 2.13. The Morgan fingerprint density at radius 3 is 2.10 bits per heavy atom. The van der Waals surface area contributed by atoms with Crippen LogP contribution in [0.5, 0.6) is 0 Å². The van der Waals surface area contributed by atoms with E-state index >= 15 is 0 Å². The average molecular weight is 166 g/mol. The van der Waals surface area contributed by atoms with Gasteiger partial charge in [0, 0.05) is 5.54 Å². The summed E-state index contributed by atoms with van der Waals surface area (Å²) in [4.78, 5) is 0. The van der Waals surface area contributed by atoms with Gasteiger partial charge in [-0.3, -0.25) is 0 Å². The molecule has 10 heavy (non-hydrogen) atoms. The van der Waals surface area contributed by atoms with Crippen molar-refractivity contribution in [3.63, 3.8) is 0 Å². The minimum absolute atomic E-state index is 0. The number of nitrogens with two attached hydrogens (primary N) is 1. The van der Waals surface area contributed by atoms with Crippen molar-refractivity contribution in [2.45, 2.75) is 52.0 Å². The van der Waals surface area contributed by atoms with Crippen LogP contribution in [0, 0.1) is 0 Å². The van der Waals surface area contributed by atoms with Crippen LogP contribution in [0.4, 0.5) is 0 Å². The molecule has 1 nitrogen and oxygen atoms in total. The molecule has 0 aromatic rings. The summed E-state index contributed by atoms with van der Waals surface area (Å²) in [6.07, 6.45) is 4.78. The third-order valence-corrected chi connectivity index (χ3v) is 1.91. The summed E-state index contributed by atoms with van der Waals surface area (Å²) in [6, 6.07) is 0. The summed E-state index contributed by atoms with van der Waals surface area (Å²) >= 11 is 0. The van der Waals surface area contributed by atoms with E-state index in [9.17, 15) is 0 Å². The second kappa shape index (κ2) is 5.99. The summed E-state index contributed by atoms with van der Waals surface area (Å²) in [5.74, 6) is 0. The average Bonchev–Trinajstić information content (AvgIpc) is 1.84. The largest absolute Gasteiger partial charge is 0.325 e. The number of hydrogen-bond acceptors (Lipinski definition) is 1. The second-order valence-electron chi connectivity index (χ2n) is 3.11. The SMILES string of the molecule is CCCCC(C)(N)CC.Cl. The molecule has 0 bridgehead atoms. The van der Waals surface area contributed by atoms with E-state index in [2.05, 4.69) is 20.8 Å². The maximum Gasteiger partial charge on any atom is 0.0123 e. The van der Waals surface area contributed by atoms with E-state index in [0.29, 0.717) is 0 Å². The lowest BCUT2D eigenvalue weighted by Crippen LogP contribution is -2.34. The van der Waals surface area contributed by atoms with Crippen LogP contribution in [0.15, 0.2) is 0 Å². The van der Waals surface area contributed by atoms with E-state index in [0.717, 1.165) is 6.42 Å². The van der Waals surface area contributed by atoms with E-state index in [1.807, 2.05) is 0 Å². The summed E-state index contributed by atoms with van der Waals surface area (Å²) in [6.45, 7) is 6.48. The molecular weight excluding hydrogens is 146 g/mol. The van der Waals surface area contributed by atoms with Crippen molar-refractivity contribution in [2.75, 3.05) is 0 Å². The van der Waals surface area contributed by atoms with Crippen LogP contribution < -0.4 is 5.73 Å². The molecule has 0 heterocycles. The molecule has 0 amide bonds. The molecule has 0 aliphatic carbocycles. The first-order valence-corrected chi connectivity index (χ1v) is 3.91. The van der Waals surface area contributed by atoms with E-state index in [4.69, 9.17) is 5.73 Å². The zero-order valence-electron chi connectivity index (χ0n) is 7.31. The van der Waals surface area contributed by atoms with E-state index in [1.54, 1.807) is 0 Å². The standard InChI is InChI=1S/C8H19N.ClH/c1-4-6-7-8(3,9)5-2;/h4-7,9H2,1-3H3;1H. The molecule has 0 aliphatic rings. The van der Waals surface area contributed by atoms with Gasteiger partial charge in [-0.2, -0.15) is 0 Å². The molecule has 1 atom stereocenters. The normalized spacial score (nSPS) is 15.6. The van der Waals surface area contributed by atoms with Gasteiger partial charge in [0.15, 0.2) is 0 Å². The predicted octanol–water partition coefficient (Wildman–Crippen LogP) is 2.73. The zero-order valence-corrected chi connectivity index (χ0v) is 8.13. The fraction of sp³-hybridized carbons (Fsp3) is 1.00. The Morgan fingerprint density at radius 2 is 1.80 bits per heavy atom. The number of rotatable bonds is 4. The van der Waals surface area contributed by atoms with Crippen LogP contribution in [-0.2, 0) is 0 Å². The van der Waals surface area contributed by atoms with Gasteiger partial charge in [-0.15, -0.1) is 12.4 Å². The molecule has 2 N–H and O–H groups in total. The fourth-order valence-electron chi connectivity index (χ4n) is 0.757. The molecule has 1 unspecified atom stereocenters. The lowest BCUT2D eigenvalue weighted by molar-refractivity contribution is 0.403. The predicted molar refractivity (Wildman–Crippen MR) is 49.7 cm³/mol. The molecule has 0 radical (unpaired) electrons.